The van der Waals surface area contributed by atoms with E-state index in [4.69, 9.17) is 4.74 Å². The summed E-state index contributed by atoms with van der Waals surface area (Å²) < 4.78 is 5.05. The molecule has 4 heteroatoms. The second-order valence-corrected chi connectivity index (χ2v) is 4.39. The van der Waals surface area contributed by atoms with Crippen molar-refractivity contribution in [3.8, 4) is 11.5 Å². The summed E-state index contributed by atoms with van der Waals surface area (Å²) >= 11 is 0. The van der Waals surface area contributed by atoms with Crippen LogP contribution in [0.1, 0.15) is 35.3 Å². The number of rotatable bonds is 4. The summed E-state index contributed by atoms with van der Waals surface area (Å²) in [5.41, 5.74) is 1.19. The highest BCUT2D eigenvalue weighted by Crippen LogP contribution is 2.34. The van der Waals surface area contributed by atoms with E-state index < -0.39 is 5.97 Å². The molecule has 0 unspecified atom stereocenters. The molecular formula is C16H18O4. The van der Waals surface area contributed by atoms with Crippen LogP contribution in [-0.2, 0) is 4.79 Å². The summed E-state index contributed by atoms with van der Waals surface area (Å²) in [4.78, 5) is 23.0. The molecule has 0 aliphatic carbocycles. The van der Waals surface area contributed by atoms with E-state index in [0.717, 1.165) is 0 Å². The molecule has 1 aromatic carbocycles. The van der Waals surface area contributed by atoms with Crippen molar-refractivity contribution in [1.82, 2.24) is 0 Å². The number of esters is 1. The Morgan fingerprint density at radius 2 is 1.90 bits per heavy atom. The van der Waals surface area contributed by atoms with Crippen molar-refractivity contribution in [1.29, 1.82) is 0 Å². The van der Waals surface area contributed by atoms with Gasteiger partial charge in [0.15, 0.2) is 5.78 Å². The van der Waals surface area contributed by atoms with Crippen LogP contribution >= 0.6 is 0 Å². The molecule has 0 aliphatic heterocycles. The highest BCUT2D eigenvalue weighted by atomic mass is 16.5. The lowest BCUT2D eigenvalue weighted by atomic mass is 10.0. The van der Waals surface area contributed by atoms with Crippen LogP contribution in [0.5, 0.6) is 11.5 Å². The minimum Gasteiger partial charge on any atom is -0.507 e. The van der Waals surface area contributed by atoms with Gasteiger partial charge in [0, 0.05) is 12.5 Å². The van der Waals surface area contributed by atoms with Crippen LogP contribution in [0.2, 0.25) is 0 Å². The molecular weight excluding hydrogens is 256 g/mol. The van der Waals surface area contributed by atoms with Crippen molar-refractivity contribution >= 4 is 11.8 Å². The quantitative estimate of drug-likeness (QED) is 0.301. The first kappa shape index (κ1) is 15.7. The number of hydrogen-bond donors (Lipinski definition) is 1. The maximum Gasteiger partial charge on any atom is 0.308 e. The van der Waals surface area contributed by atoms with E-state index >= 15 is 0 Å². The van der Waals surface area contributed by atoms with E-state index in [0.29, 0.717) is 16.9 Å². The number of ketones is 1. The molecule has 0 fully saturated rings. The SMILES string of the molecule is C/C=C/C=C/C(=O)c1cc(C)c(OC(C)=O)c(C)c1O. The Labute approximate surface area is 118 Å². The van der Waals surface area contributed by atoms with Gasteiger partial charge in [-0.25, -0.2) is 0 Å². The topological polar surface area (TPSA) is 63.6 Å². The van der Waals surface area contributed by atoms with Gasteiger partial charge in [0.1, 0.15) is 11.5 Å². The Hall–Kier alpha value is -2.36. The number of benzene rings is 1. The number of hydrogen-bond acceptors (Lipinski definition) is 4. The Bertz CT molecular complexity index is 595. The lowest BCUT2D eigenvalue weighted by Crippen LogP contribution is -2.06. The molecule has 0 radical (unpaired) electrons. The molecule has 20 heavy (non-hydrogen) atoms. The van der Waals surface area contributed by atoms with Gasteiger partial charge in [-0.1, -0.05) is 18.2 Å². The Morgan fingerprint density at radius 1 is 1.25 bits per heavy atom. The molecule has 0 aromatic heterocycles. The van der Waals surface area contributed by atoms with Crippen molar-refractivity contribution in [3.63, 3.8) is 0 Å². The van der Waals surface area contributed by atoms with Gasteiger partial charge in [-0.3, -0.25) is 9.59 Å². The van der Waals surface area contributed by atoms with E-state index in [1.54, 1.807) is 32.1 Å². The van der Waals surface area contributed by atoms with Crippen molar-refractivity contribution in [2.45, 2.75) is 27.7 Å². The monoisotopic (exact) mass is 274 g/mol. The fraction of sp³-hybridized carbons (Fsp3) is 0.250. The molecule has 0 amide bonds. The van der Waals surface area contributed by atoms with E-state index in [-0.39, 0.29) is 17.1 Å². The molecule has 1 rings (SSSR count). The molecule has 0 saturated carbocycles. The number of carbonyl (C=O) groups is 2. The van der Waals surface area contributed by atoms with Gasteiger partial charge in [-0.2, -0.15) is 0 Å². The third-order valence-corrected chi connectivity index (χ3v) is 2.73. The zero-order valence-corrected chi connectivity index (χ0v) is 12.1. The van der Waals surface area contributed by atoms with E-state index in [2.05, 4.69) is 0 Å². The van der Waals surface area contributed by atoms with Crippen LogP contribution in [0, 0.1) is 13.8 Å². The molecule has 0 heterocycles. The Kier molecular flexibility index (Phi) is 5.26. The second-order valence-electron chi connectivity index (χ2n) is 4.39. The van der Waals surface area contributed by atoms with Crippen LogP contribution in [0.15, 0.2) is 30.4 Å². The number of aryl methyl sites for hydroxylation is 1. The fourth-order valence-electron chi connectivity index (χ4n) is 1.79. The van der Waals surface area contributed by atoms with Crippen LogP contribution in [0.3, 0.4) is 0 Å². The Balaban J connectivity index is 3.25. The lowest BCUT2D eigenvalue weighted by molar-refractivity contribution is -0.131. The van der Waals surface area contributed by atoms with Crippen molar-refractivity contribution in [2.24, 2.45) is 0 Å². The number of phenolic OH excluding ortho intramolecular Hbond substituents is 1. The zero-order chi connectivity index (χ0) is 15.3. The molecule has 0 saturated heterocycles. The van der Waals surface area contributed by atoms with E-state index in [1.807, 2.05) is 6.92 Å². The third-order valence-electron chi connectivity index (χ3n) is 2.73. The standard InChI is InChI=1S/C16H18O4/c1-5-6-7-8-14(18)13-9-10(2)16(20-12(4)17)11(3)15(13)19/h5-9,19H,1-4H3/b6-5+,8-7+. The first-order chi connectivity index (χ1) is 9.38. The third kappa shape index (κ3) is 3.57. The first-order valence-corrected chi connectivity index (χ1v) is 6.23. The predicted molar refractivity (Wildman–Crippen MR) is 77.2 cm³/mol. The fourth-order valence-corrected chi connectivity index (χ4v) is 1.79. The van der Waals surface area contributed by atoms with Crippen molar-refractivity contribution in [2.75, 3.05) is 0 Å². The van der Waals surface area contributed by atoms with E-state index in [1.165, 1.54) is 19.1 Å². The minimum absolute atomic E-state index is 0.165. The van der Waals surface area contributed by atoms with Gasteiger partial charge in [0.2, 0.25) is 0 Å². The normalized spacial score (nSPS) is 11.2. The smallest absolute Gasteiger partial charge is 0.308 e. The average molecular weight is 274 g/mol. The summed E-state index contributed by atoms with van der Waals surface area (Å²) in [7, 11) is 0. The minimum atomic E-state index is -0.470. The van der Waals surface area contributed by atoms with Gasteiger partial charge >= 0.3 is 5.97 Å². The van der Waals surface area contributed by atoms with Gasteiger partial charge in [0.05, 0.1) is 5.56 Å². The molecule has 106 valence electrons. The van der Waals surface area contributed by atoms with Crippen LogP contribution in [0.25, 0.3) is 0 Å². The summed E-state index contributed by atoms with van der Waals surface area (Å²) in [5.74, 6) is -0.644. The molecule has 0 bridgehead atoms. The highest BCUT2D eigenvalue weighted by molar-refractivity contribution is 6.07. The van der Waals surface area contributed by atoms with Crippen LogP contribution in [0.4, 0.5) is 0 Å². The number of allylic oxidation sites excluding steroid dienone is 4. The van der Waals surface area contributed by atoms with Gasteiger partial charge in [0.25, 0.3) is 0 Å². The van der Waals surface area contributed by atoms with Crippen LogP contribution < -0.4 is 4.74 Å². The first-order valence-electron chi connectivity index (χ1n) is 6.23. The maximum absolute atomic E-state index is 12.0. The van der Waals surface area contributed by atoms with E-state index in [9.17, 15) is 14.7 Å². The van der Waals surface area contributed by atoms with Gasteiger partial charge in [-0.05, 0) is 38.5 Å². The number of aromatic hydroxyl groups is 1. The average Bonchev–Trinajstić information content (AvgIpc) is 2.38. The lowest BCUT2D eigenvalue weighted by Gasteiger charge is -2.13. The van der Waals surface area contributed by atoms with Gasteiger partial charge in [-0.15, -0.1) is 0 Å². The van der Waals surface area contributed by atoms with Crippen molar-refractivity contribution in [3.05, 3.63) is 47.1 Å². The summed E-state index contributed by atoms with van der Waals surface area (Å²) in [6.45, 7) is 6.45. The highest BCUT2D eigenvalue weighted by Gasteiger charge is 2.18. The molecule has 1 N–H and O–H groups in total. The summed E-state index contributed by atoms with van der Waals surface area (Å²) in [6.07, 6.45) is 6.50. The maximum atomic E-state index is 12.0. The molecule has 1 aromatic rings. The molecule has 0 aliphatic rings. The second kappa shape index (κ2) is 6.70. The molecule has 0 atom stereocenters. The van der Waals surface area contributed by atoms with Gasteiger partial charge < -0.3 is 9.84 Å². The number of phenols is 1. The summed E-state index contributed by atoms with van der Waals surface area (Å²) in [6, 6.07) is 1.52. The summed E-state index contributed by atoms with van der Waals surface area (Å²) in [5, 5.41) is 10.1. The Morgan fingerprint density at radius 3 is 2.45 bits per heavy atom. The molecule has 0 spiro atoms. The van der Waals surface area contributed by atoms with Crippen molar-refractivity contribution < 1.29 is 19.4 Å². The number of carbonyl (C=O) groups excluding carboxylic acids is 2. The largest absolute Gasteiger partial charge is 0.507 e. The number of ether oxygens (including phenoxy) is 1. The zero-order valence-electron chi connectivity index (χ0n) is 12.1. The molecule has 4 nitrogen and oxygen atoms in total. The van der Waals surface area contributed by atoms with Crippen LogP contribution in [-0.4, -0.2) is 16.9 Å². The predicted octanol–water partition coefficient (Wildman–Crippen LogP) is 3.25.